The molecule has 1 N–H and O–H groups in total. The Morgan fingerprint density at radius 3 is 2.64 bits per heavy atom. The minimum atomic E-state index is -1.24. The van der Waals surface area contributed by atoms with E-state index in [4.69, 9.17) is 9.47 Å². The van der Waals surface area contributed by atoms with E-state index in [-0.39, 0.29) is 31.0 Å². The molecule has 180 valence electrons. The Balaban J connectivity index is 1.56. The number of hydrogen-bond acceptors (Lipinski definition) is 6. The second kappa shape index (κ2) is 9.22. The van der Waals surface area contributed by atoms with Gasteiger partial charge in [0.2, 0.25) is 11.8 Å². The van der Waals surface area contributed by atoms with Gasteiger partial charge in [-0.25, -0.2) is 0 Å². The fraction of sp³-hybridized carbons (Fsp3) is 0.720. The van der Waals surface area contributed by atoms with E-state index in [1.165, 1.54) is 11.3 Å². The first kappa shape index (κ1) is 22.6. The number of esters is 1. The number of cyclic esters (lactones) is 1. The van der Waals surface area contributed by atoms with Crippen LogP contribution in [0.3, 0.4) is 0 Å². The number of likely N-dealkylation sites (tertiary alicyclic amines) is 1. The van der Waals surface area contributed by atoms with Crippen molar-refractivity contribution in [3.8, 4) is 0 Å². The van der Waals surface area contributed by atoms with Gasteiger partial charge in [0, 0.05) is 19.1 Å². The number of β-amino-alcohol motifs (C(OH)–C–C–N with tert-alkyl or cyclic N) is 1. The topological polar surface area (TPSA) is 96.4 Å². The summed E-state index contributed by atoms with van der Waals surface area (Å²) in [4.78, 5) is 44.2. The third-order valence-corrected chi connectivity index (χ3v) is 7.99. The first-order chi connectivity index (χ1) is 16.1. The average Bonchev–Trinajstić information content (AvgIpc) is 3.20. The van der Waals surface area contributed by atoms with Gasteiger partial charge in [0.05, 0.1) is 25.2 Å². The van der Waals surface area contributed by atoms with Crippen LogP contribution in [0.5, 0.6) is 0 Å². The summed E-state index contributed by atoms with van der Waals surface area (Å²) >= 11 is 0. The Morgan fingerprint density at radius 2 is 1.85 bits per heavy atom. The van der Waals surface area contributed by atoms with Crippen LogP contribution < -0.4 is 0 Å². The zero-order chi connectivity index (χ0) is 23.0. The Morgan fingerprint density at radius 1 is 1.03 bits per heavy atom. The van der Waals surface area contributed by atoms with Crippen molar-refractivity contribution in [1.29, 1.82) is 0 Å². The average molecular weight is 459 g/mol. The van der Waals surface area contributed by atoms with Crippen LogP contribution in [0.15, 0.2) is 24.3 Å². The van der Waals surface area contributed by atoms with E-state index in [1.54, 1.807) is 0 Å². The highest BCUT2D eigenvalue weighted by atomic mass is 16.6. The maximum atomic E-state index is 14.0. The largest absolute Gasteiger partial charge is 0.465 e. The summed E-state index contributed by atoms with van der Waals surface area (Å²) in [5.41, 5.74) is -1.24. The molecule has 0 aromatic heterocycles. The molecule has 5 rings (SSSR count). The Bertz CT molecular complexity index is 850. The third kappa shape index (κ3) is 3.71. The van der Waals surface area contributed by atoms with Gasteiger partial charge in [-0.2, -0.15) is 0 Å². The molecule has 3 fully saturated rings. The maximum Gasteiger partial charge on any atom is 0.312 e. The zero-order valence-electron chi connectivity index (χ0n) is 19.1. The van der Waals surface area contributed by atoms with Gasteiger partial charge < -0.3 is 24.4 Å². The lowest BCUT2D eigenvalue weighted by Gasteiger charge is -2.39. The highest BCUT2D eigenvalue weighted by Gasteiger charge is 2.71. The molecule has 0 aromatic carbocycles. The van der Waals surface area contributed by atoms with Crippen LogP contribution in [0.2, 0.25) is 0 Å². The Labute approximate surface area is 194 Å². The molecule has 4 heterocycles. The summed E-state index contributed by atoms with van der Waals surface area (Å²) < 4.78 is 12.1. The SMILES string of the molecule is O=C1OCCCC/C=C\[C@@H]2O[C@]34C=CCN(C5CCCCC5)C(=O)C3N(CCO)C(=O)[C@@H]4[C@H]12. The lowest BCUT2D eigenvalue weighted by molar-refractivity contribution is -0.155. The van der Waals surface area contributed by atoms with Crippen molar-refractivity contribution in [2.45, 2.75) is 75.2 Å². The van der Waals surface area contributed by atoms with Gasteiger partial charge in [-0.05, 0) is 32.1 Å². The molecule has 4 aliphatic heterocycles. The lowest BCUT2D eigenvalue weighted by atomic mass is 9.77. The molecule has 5 aliphatic rings. The van der Waals surface area contributed by atoms with Gasteiger partial charge in [-0.15, -0.1) is 0 Å². The van der Waals surface area contributed by atoms with Crippen molar-refractivity contribution in [3.63, 3.8) is 0 Å². The van der Waals surface area contributed by atoms with E-state index in [0.717, 1.165) is 44.9 Å². The fourth-order valence-electron chi connectivity index (χ4n) is 6.50. The zero-order valence-corrected chi connectivity index (χ0v) is 19.1. The highest BCUT2D eigenvalue weighted by molar-refractivity contribution is 5.99. The minimum Gasteiger partial charge on any atom is -0.465 e. The molecule has 1 aliphatic carbocycles. The van der Waals surface area contributed by atoms with Gasteiger partial charge in [0.25, 0.3) is 0 Å². The van der Waals surface area contributed by atoms with Gasteiger partial charge >= 0.3 is 5.97 Å². The van der Waals surface area contributed by atoms with Crippen molar-refractivity contribution in [2.24, 2.45) is 11.8 Å². The number of aliphatic hydroxyl groups excluding tert-OH is 1. The molecule has 8 nitrogen and oxygen atoms in total. The molecule has 8 heteroatoms. The van der Waals surface area contributed by atoms with Gasteiger partial charge in [-0.3, -0.25) is 14.4 Å². The summed E-state index contributed by atoms with van der Waals surface area (Å²) in [6, 6.07) is -0.746. The normalized spacial score (nSPS) is 38.4. The molecule has 0 aromatic rings. The molecule has 0 bridgehead atoms. The number of allylic oxidation sites excluding steroid dienone is 1. The maximum absolute atomic E-state index is 14.0. The molecule has 0 radical (unpaired) electrons. The van der Waals surface area contributed by atoms with E-state index >= 15 is 0 Å². The number of amides is 2. The summed E-state index contributed by atoms with van der Waals surface area (Å²) in [5, 5.41) is 9.72. The number of fused-ring (bicyclic) bond motifs is 2. The van der Waals surface area contributed by atoms with Crippen molar-refractivity contribution in [1.82, 2.24) is 9.80 Å². The van der Waals surface area contributed by atoms with Gasteiger partial charge in [-0.1, -0.05) is 43.6 Å². The standard InChI is InChI=1S/C25H34N2O6/c28-15-14-27-21-23(30)26(17-9-4-3-5-10-17)13-8-12-25(21)20(22(27)29)19-18(33-25)11-6-1-2-7-16-32-24(19)31/h6,8,11-12,17-21,28H,1-5,7,9-10,13-16H2/b11-6-/t18-,19+,20-,21?,25-/m0/s1. The fourth-order valence-corrected chi connectivity index (χ4v) is 6.50. The monoisotopic (exact) mass is 458 g/mol. The minimum absolute atomic E-state index is 0.0332. The number of rotatable bonds is 3. The van der Waals surface area contributed by atoms with Crippen molar-refractivity contribution in [3.05, 3.63) is 24.3 Å². The molecular formula is C25H34N2O6. The summed E-state index contributed by atoms with van der Waals surface area (Å²) in [5.74, 6) is -2.55. The van der Waals surface area contributed by atoms with Gasteiger partial charge in [0.15, 0.2) is 0 Å². The highest BCUT2D eigenvalue weighted by Crippen LogP contribution is 2.53. The number of aliphatic hydroxyl groups is 1. The number of ether oxygens (including phenoxy) is 2. The molecule has 33 heavy (non-hydrogen) atoms. The molecule has 2 saturated heterocycles. The van der Waals surface area contributed by atoms with E-state index in [9.17, 15) is 19.5 Å². The third-order valence-electron chi connectivity index (χ3n) is 7.99. The predicted octanol–water partition coefficient (Wildman–Crippen LogP) is 1.57. The Hall–Kier alpha value is -2.19. The number of hydrogen-bond donors (Lipinski definition) is 1. The lowest BCUT2D eigenvalue weighted by Crippen LogP contribution is -2.57. The van der Waals surface area contributed by atoms with Crippen molar-refractivity contribution in [2.75, 3.05) is 26.3 Å². The van der Waals surface area contributed by atoms with Crippen LogP contribution in [-0.4, -0.2) is 82.8 Å². The number of nitrogens with zero attached hydrogens (tertiary/aromatic N) is 2. The van der Waals surface area contributed by atoms with Gasteiger partial charge in [0.1, 0.15) is 17.6 Å². The van der Waals surface area contributed by atoms with Crippen LogP contribution in [0.25, 0.3) is 0 Å². The summed E-state index contributed by atoms with van der Waals surface area (Å²) in [7, 11) is 0. The smallest absolute Gasteiger partial charge is 0.312 e. The predicted molar refractivity (Wildman–Crippen MR) is 119 cm³/mol. The summed E-state index contributed by atoms with van der Waals surface area (Å²) in [6.45, 7) is 0.557. The quantitative estimate of drug-likeness (QED) is 0.510. The second-order valence-electron chi connectivity index (χ2n) is 9.87. The van der Waals surface area contributed by atoms with Crippen LogP contribution in [0.1, 0.15) is 51.4 Å². The molecule has 1 unspecified atom stereocenters. The molecule has 2 amide bonds. The van der Waals surface area contributed by atoms with Crippen molar-refractivity contribution >= 4 is 17.8 Å². The first-order valence-corrected chi connectivity index (χ1v) is 12.5. The van der Waals surface area contributed by atoms with Crippen LogP contribution >= 0.6 is 0 Å². The Kier molecular flexibility index (Phi) is 6.31. The van der Waals surface area contributed by atoms with Crippen LogP contribution in [0, 0.1) is 11.8 Å². The molecular weight excluding hydrogens is 424 g/mol. The second-order valence-corrected chi connectivity index (χ2v) is 9.87. The first-order valence-electron chi connectivity index (χ1n) is 12.5. The van der Waals surface area contributed by atoms with Crippen LogP contribution in [0.4, 0.5) is 0 Å². The number of carbonyl (C=O) groups excluding carboxylic acids is 3. The van der Waals surface area contributed by atoms with Crippen LogP contribution in [-0.2, 0) is 23.9 Å². The molecule has 1 spiro atoms. The molecule has 5 atom stereocenters. The van der Waals surface area contributed by atoms with E-state index in [1.807, 2.05) is 29.2 Å². The van der Waals surface area contributed by atoms with E-state index in [0.29, 0.717) is 13.2 Å². The van der Waals surface area contributed by atoms with Crippen molar-refractivity contribution < 1.29 is 29.0 Å². The molecule has 1 saturated carbocycles. The number of carbonyl (C=O) groups is 3. The van der Waals surface area contributed by atoms with E-state index < -0.39 is 35.6 Å². The van der Waals surface area contributed by atoms with E-state index in [2.05, 4.69) is 0 Å². The summed E-state index contributed by atoms with van der Waals surface area (Å²) in [6.07, 6.45) is 14.8.